The van der Waals surface area contributed by atoms with Crippen molar-refractivity contribution in [1.82, 2.24) is 19.9 Å². The highest BCUT2D eigenvalue weighted by Crippen LogP contribution is 2.39. The molecule has 170 valence electrons. The summed E-state index contributed by atoms with van der Waals surface area (Å²) in [4.78, 5) is 28.0. The van der Waals surface area contributed by atoms with E-state index in [2.05, 4.69) is 15.0 Å². The molecule has 3 aromatic heterocycles. The first-order valence-corrected chi connectivity index (χ1v) is 10.8. The number of fused-ring (bicyclic) bond motifs is 3. The molecule has 6 rings (SSSR count). The number of rotatable bonds is 4. The molecular weight excluding hydrogens is 433 g/mol. The summed E-state index contributed by atoms with van der Waals surface area (Å²) in [5.41, 5.74) is 0.780. The van der Waals surface area contributed by atoms with Crippen molar-refractivity contribution in [2.24, 2.45) is 5.92 Å². The Morgan fingerprint density at radius 1 is 1.00 bits per heavy atom. The summed E-state index contributed by atoms with van der Waals surface area (Å²) in [6.07, 6.45) is 1.75. The fourth-order valence-electron chi connectivity index (χ4n) is 4.70. The topological polar surface area (TPSA) is 68.2 Å². The number of halogens is 3. The van der Waals surface area contributed by atoms with Crippen LogP contribution >= 0.6 is 0 Å². The third-order valence-corrected chi connectivity index (χ3v) is 6.26. The second kappa shape index (κ2) is 8.46. The predicted molar refractivity (Wildman–Crippen MR) is 113 cm³/mol. The van der Waals surface area contributed by atoms with Crippen molar-refractivity contribution >= 4 is 5.91 Å². The Morgan fingerprint density at radius 3 is 2.55 bits per heavy atom. The van der Waals surface area contributed by atoms with Crippen LogP contribution in [-0.4, -0.2) is 44.4 Å². The fourth-order valence-corrected chi connectivity index (χ4v) is 4.70. The molecule has 2 saturated heterocycles. The summed E-state index contributed by atoms with van der Waals surface area (Å²) >= 11 is 0. The lowest BCUT2D eigenvalue weighted by Gasteiger charge is -2.49. The molecule has 0 aromatic carbocycles. The smallest absolute Gasteiger partial charge is 0.417 e. The Bertz CT molecular complexity index is 1140. The number of alkyl halides is 3. The van der Waals surface area contributed by atoms with E-state index in [-0.39, 0.29) is 29.9 Å². The van der Waals surface area contributed by atoms with Gasteiger partial charge in [0.05, 0.1) is 22.9 Å². The predicted octanol–water partition coefficient (Wildman–Crippen LogP) is 4.63. The zero-order chi connectivity index (χ0) is 23.0. The van der Waals surface area contributed by atoms with Gasteiger partial charge in [0, 0.05) is 31.2 Å². The first-order chi connectivity index (χ1) is 15.9. The summed E-state index contributed by atoms with van der Waals surface area (Å²) in [7, 11) is 0. The minimum absolute atomic E-state index is 0.128. The van der Waals surface area contributed by atoms with E-state index >= 15 is 0 Å². The molecule has 1 aliphatic carbocycles. The zero-order valence-corrected chi connectivity index (χ0v) is 17.6. The lowest BCUT2D eigenvalue weighted by molar-refractivity contribution is -0.137. The quantitative estimate of drug-likeness (QED) is 0.575. The Balaban J connectivity index is 1.38. The Kier molecular flexibility index (Phi) is 5.47. The molecule has 2 bridgehead atoms. The SMILES string of the molecule is O=C(c1cccnc1-c1ccccn1)N1C[C@@H]2CC[C@H]1[C@H](Oc1ccc(C(F)(F)F)cn1)C2. The molecule has 5 heterocycles. The van der Waals surface area contributed by atoms with Crippen LogP contribution in [0.4, 0.5) is 13.2 Å². The van der Waals surface area contributed by atoms with Crippen LogP contribution in [0.5, 0.6) is 5.88 Å². The number of piperidine rings is 2. The van der Waals surface area contributed by atoms with Gasteiger partial charge in [-0.1, -0.05) is 6.07 Å². The summed E-state index contributed by atoms with van der Waals surface area (Å²) < 4.78 is 44.5. The molecule has 6 nitrogen and oxygen atoms in total. The van der Waals surface area contributed by atoms with E-state index in [9.17, 15) is 18.0 Å². The normalized spacial score (nSPS) is 22.3. The third-order valence-electron chi connectivity index (χ3n) is 6.26. The van der Waals surface area contributed by atoms with Gasteiger partial charge in [-0.2, -0.15) is 13.2 Å². The van der Waals surface area contributed by atoms with Crippen LogP contribution in [0.3, 0.4) is 0 Å². The standard InChI is InChI=1S/C24H21F3N4O2/c25-24(26,27)16-7-9-21(30-13-16)33-20-12-15-6-8-19(20)31(14-15)23(32)17-4-3-11-29-22(17)18-5-1-2-10-28-18/h1-5,7,9-11,13,15,19-20H,6,8,12,14H2/t15-,19+,20-/m1/s1. The zero-order valence-electron chi connectivity index (χ0n) is 17.6. The summed E-state index contributed by atoms with van der Waals surface area (Å²) in [6.45, 7) is 0.611. The van der Waals surface area contributed by atoms with Crippen molar-refractivity contribution in [2.75, 3.05) is 6.54 Å². The molecular formula is C24H21F3N4O2. The number of pyridine rings is 3. The first kappa shape index (κ1) is 21.4. The first-order valence-electron chi connectivity index (χ1n) is 10.8. The van der Waals surface area contributed by atoms with Crippen LogP contribution in [0.25, 0.3) is 11.4 Å². The highest BCUT2D eigenvalue weighted by atomic mass is 19.4. The van der Waals surface area contributed by atoms with Gasteiger partial charge < -0.3 is 9.64 Å². The molecule has 9 heteroatoms. The van der Waals surface area contributed by atoms with E-state index < -0.39 is 11.7 Å². The molecule has 0 spiro atoms. The van der Waals surface area contributed by atoms with E-state index in [4.69, 9.17) is 4.74 Å². The summed E-state index contributed by atoms with van der Waals surface area (Å²) in [6, 6.07) is 10.9. The molecule has 1 amide bonds. The van der Waals surface area contributed by atoms with Gasteiger partial charge in [-0.25, -0.2) is 4.98 Å². The van der Waals surface area contributed by atoms with E-state index in [1.807, 2.05) is 17.0 Å². The van der Waals surface area contributed by atoms with Crippen LogP contribution in [0.1, 0.15) is 35.2 Å². The van der Waals surface area contributed by atoms with Gasteiger partial charge in [0.2, 0.25) is 5.88 Å². The van der Waals surface area contributed by atoms with E-state index in [0.29, 0.717) is 23.5 Å². The lowest BCUT2D eigenvalue weighted by Crippen LogP contribution is -2.59. The Morgan fingerprint density at radius 2 is 1.85 bits per heavy atom. The lowest BCUT2D eigenvalue weighted by atomic mass is 9.77. The minimum Gasteiger partial charge on any atom is -0.472 e. The number of nitrogens with zero attached hydrogens (tertiary/aromatic N) is 4. The molecule has 3 atom stereocenters. The van der Waals surface area contributed by atoms with Crippen LogP contribution < -0.4 is 4.74 Å². The Labute approximate surface area is 188 Å². The second-order valence-corrected chi connectivity index (χ2v) is 8.36. The number of carbonyl (C=O) groups is 1. The third kappa shape index (κ3) is 4.27. The van der Waals surface area contributed by atoms with E-state index in [0.717, 1.165) is 31.5 Å². The van der Waals surface area contributed by atoms with Crippen molar-refractivity contribution in [2.45, 2.75) is 37.6 Å². The van der Waals surface area contributed by atoms with E-state index in [1.165, 1.54) is 6.07 Å². The molecule has 3 aliphatic rings. The molecule has 0 unspecified atom stereocenters. The maximum Gasteiger partial charge on any atom is 0.417 e. The van der Waals surface area contributed by atoms with Gasteiger partial charge in [-0.3, -0.25) is 14.8 Å². The molecule has 2 aliphatic heterocycles. The van der Waals surface area contributed by atoms with Gasteiger partial charge >= 0.3 is 6.18 Å². The number of hydrogen-bond acceptors (Lipinski definition) is 5. The van der Waals surface area contributed by atoms with Crippen LogP contribution in [0, 0.1) is 5.92 Å². The van der Waals surface area contributed by atoms with Crippen LogP contribution in [0.2, 0.25) is 0 Å². The second-order valence-electron chi connectivity index (χ2n) is 8.36. The van der Waals surface area contributed by atoms with Gasteiger partial charge in [-0.05, 0) is 55.5 Å². The molecule has 3 aromatic rings. The van der Waals surface area contributed by atoms with Crippen molar-refractivity contribution in [1.29, 1.82) is 0 Å². The fraction of sp³-hybridized carbons (Fsp3) is 0.333. The highest BCUT2D eigenvalue weighted by molar-refractivity contribution is 5.99. The molecule has 0 radical (unpaired) electrons. The maximum absolute atomic E-state index is 13.6. The minimum atomic E-state index is -4.45. The molecule has 33 heavy (non-hydrogen) atoms. The molecule has 1 saturated carbocycles. The van der Waals surface area contributed by atoms with Crippen molar-refractivity contribution in [3.63, 3.8) is 0 Å². The number of aromatic nitrogens is 3. The summed E-state index contributed by atoms with van der Waals surface area (Å²) in [5.74, 6) is 0.240. The van der Waals surface area contributed by atoms with E-state index in [1.54, 1.807) is 30.6 Å². The monoisotopic (exact) mass is 454 g/mol. The van der Waals surface area contributed by atoms with Crippen molar-refractivity contribution in [3.05, 3.63) is 72.2 Å². The number of hydrogen-bond donors (Lipinski definition) is 0. The summed E-state index contributed by atoms with van der Waals surface area (Å²) in [5, 5.41) is 0. The van der Waals surface area contributed by atoms with Crippen molar-refractivity contribution < 1.29 is 22.7 Å². The average molecular weight is 454 g/mol. The van der Waals surface area contributed by atoms with Crippen LogP contribution in [-0.2, 0) is 6.18 Å². The highest BCUT2D eigenvalue weighted by Gasteiger charge is 2.45. The van der Waals surface area contributed by atoms with Gasteiger partial charge in [0.25, 0.3) is 5.91 Å². The Hall–Kier alpha value is -3.49. The van der Waals surface area contributed by atoms with Gasteiger partial charge in [0.1, 0.15) is 11.8 Å². The van der Waals surface area contributed by atoms with Gasteiger partial charge in [0.15, 0.2) is 0 Å². The maximum atomic E-state index is 13.6. The molecule has 3 fully saturated rings. The number of carbonyl (C=O) groups excluding carboxylic acids is 1. The van der Waals surface area contributed by atoms with Crippen LogP contribution in [0.15, 0.2) is 61.1 Å². The number of ether oxygens (including phenoxy) is 1. The average Bonchev–Trinajstić information content (AvgIpc) is 2.84. The number of amides is 1. The largest absolute Gasteiger partial charge is 0.472 e. The van der Waals surface area contributed by atoms with Gasteiger partial charge in [-0.15, -0.1) is 0 Å². The van der Waals surface area contributed by atoms with Crippen molar-refractivity contribution in [3.8, 4) is 17.3 Å². The molecule has 0 N–H and O–H groups in total.